The van der Waals surface area contributed by atoms with Crippen molar-refractivity contribution in [2.75, 3.05) is 5.32 Å². The summed E-state index contributed by atoms with van der Waals surface area (Å²) in [4.78, 5) is 14.8. The number of rotatable bonds is 6. The van der Waals surface area contributed by atoms with Crippen LogP contribution in [0.25, 0.3) is 0 Å². The minimum Gasteiger partial charge on any atom is -0.322 e. The Balaban J connectivity index is 1.69. The Kier molecular flexibility index (Phi) is 6.09. The number of carbonyl (C=O) groups excluding carboxylic acids is 1. The largest absolute Gasteiger partial charge is 0.322 e. The van der Waals surface area contributed by atoms with Crippen LogP contribution >= 0.6 is 0 Å². The number of nitrogens with one attached hydrogen (secondary N) is 2. The van der Waals surface area contributed by atoms with E-state index in [2.05, 4.69) is 15.2 Å². The van der Waals surface area contributed by atoms with E-state index in [9.17, 15) is 13.2 Å². The van der Waals surface area contributed by atoms with Gasteiger partial charge in [0.15, 0.2) is 0 Å². The summed E-state index contributed by atoms with van der Waals surface area (Å²) >= 11 is 0. The van der Waals surface area contributed by atoms with E-state index in [-0.39, 0.29) is 10.8 Å². The lowest BCUT2D eigenvalue weighted by Crippen LogP contribution is -2.19. The molecule has 0 aliphatic carbocycles. The van der Waals surface area contributed by atoms with Gasteiger partial charge in [0, 0.05) is 11.3 Å². The van der Waals surface area contributed by atoms with Gasteiger partial charge in [-0.3, -0.25) is 4.79 Å². The predicted molar refractivity (Wildman–Crippen MR) is 115 cm³/mol. The zero-order valence-corrected chi connectivity index (χ0v) is 16.9. The van der Waals surface area contributed by atoms with Gasteiger partial charge < -0.3 is 5.32 Å². The van der Waals surface area contributed by atoms with E-state index >= 15 is 0 Å². The van der Waals surface area contributed by atoms with Crippen LogP contribution in [0.4, 0.5) is 5.69 Å². The Bertz CT molecular complexity index is 1140. The van der Waals surface area contributed by atoms with Crippen LogP contribution in [0.1, 0.15) is 28.4 Å². The number of hydrogen-bond donors (Lipinski definition) is 2. The van der Waals surface area contributed by atoms with E-state index in [0.29, 0.717) is 17.0 Å². The van der Waals surface area contributed by atoms with Gasteiger partial charge in [0.25, 0.3) is 15.9 Å². The molecule has 3 rings (SSSR count). The topological polar surface area (TPSA) is 87.6 Å². The minimum absolute atomic E-state index is 0.144. The fourth-order valence-corrected chi connectivity index (χ4v) is 3.54. The fraction of sp³-hybridized carbons (Fsp3) is 0.0909. The third-order valence-corrected chi connectivity index (χ3v) is 5.56. The van der Waals surface area contributed by atoms with Gasteiger partial charge in [-0.25, -0.2) is 0 Å². The third-order valence-electron chi connectivity index (χ3n) is 4.34. The SMILES string of the molecule is C/C(=N\NS(=O)(=O)c1ccccc1)c1ccc(NC(=O)c2ccccc2C)cc1. The highest BCUT2D eigenvalue weighted by Gasteiger charge is 2.12. The highest BCUT2D eigenvalue weighted by atomic mass is 32.2. The molecule has 1 amide bonds. The first-order chi connectivity index (χ1) is 13.9. The van der Waals surface area contributed by atoms with Crippen molar-refractivity contribution < 1.29 is 13.2 Å². The maximum Gasteiger partial charge on any atom is 0.276 e. The van der Waals surface area contributed by atoms with Crippen molar-refractivity contribution in [1.82, 2.24) is 4.83 Å². The van der Waals surface area contributed by atoms with Gasteiger partial charge in [-0.15, -0.1) is 0 Å². The molecule has 148 valence electrons. The number of benzene rings is 3. The van der Waals surface area contributed by atoms with E-state index < -0.39 is 10.0 Å². The highest BCUT2D eigenvalue weighted by Crippen LogP contribution is 2.14. The molecule has 0 heterocycles. The maximum atomic E-state index is 12.4. The average Bonchev–Trinajstić information content (AvgIpc) is 2.73. The smallest absolute Gasteiger partial charge is 0.276 e. The Labute approximate surface area is 170 Å². The van der Waals surface area contributed by atoms with Crippen LogP contribution in [0.15, 0.2) is 88.9 Å². The summed E-state index contributed by atoms with van der Waals surface area (Å²) in [5.74, 6) is -0.183. The van der Waals surface area contributed by atoms with Gasteiger partial charge in [0.05, 0.1) is 10.6 Å². The normalized spacial score (nSPS) is 11.7. The summed E-state index contributed by atoms with van der Waals surface area (Å²) in [5, 5.41) is 6.84. The molecule has 3 aromatic rings. The molecule has 2 N–H and O–H groups in total. The molecule has 0 saturated heterocycles. The van der Waals surface area contributed by atoms with Gasteiger partial charge in [-0.05, 0) is 55.3 Å². The van der Waals surface area contributed by atoms with Gasteiger partial charge >= 0.3 is 0 Å². The van der Waals surface area contributed by atoms with E-state index in [1.165, 1.54) is 12.1 Å². The van der Waals surface area contributed by atoms with E-state index in [4.69, 9.17) is 0 Å². The zero-order valence-electron chi connectivity index (χ0n) is 16.1. The molecule has 6 nitrogen and oxygen atoms in total. The molecule has 0 aromatic heterocycles. The monoisotopic (exact) mass is 407 g/mol. The molecular formula is C22H21N3O3S. The Hall–Kier alpha value is -3.45. The number of hydrazone groups is 1. The molecule has 0 bridgehead atoms. The van der Waals surface area contributed by atoms with Crippen LogP contribution in [0.2, 0.25) is 0 Å². The van der Waals surface area contributed by atoms with Crippen LogP contribution in [0, 0.1) is 6.92 Å². The highest BCUT2D eigenvalue weighted by molar-refractivity contribution is 7.89. The number of anilines is 1. The summed E-state index contributed by atoms with van der Waals surface area (Å²) in [5.41, 5.74) is 3.38. The molecule has 0 aliphatic rings. The van der Waals surface area contributed by atoms with Crippen LogP contribution in [0.3, 0.4) is 0 Å². The standard InChI is InChI=1S/C22H21N3O3S/c1-16-8-6-7-11-21(16)22(26)23-19-14-12-18(13-15-19)17(2)24-25-29(27,28)20-9-4-3-5-10-20/h3-15,25H,1-2H3,(H,23,26)/b24-17+. The lowest BCUT2D eigenvalue weighted by Gasteiger charge is -2.09. The average molecular weight is 407 g/mol. The van der Waals surface area contributed by atoms with E-state index in [0.717, 1.165) is 11.1 Å². The van der Waals surface area contributed by atoms with Crippen molar-refractivity contribution in [2.45, 2.75) is 18.7 Å². The van der Waals surface area contributed by atoms with Crippen LogP contribution < -0.4 is 10.1 Å². The molecule has 0 unspecified atom stereocenters. The Morgan fingerprint density at radius 2 is 1.48 bits per heavy atom. The molecule has 0 saturated carbocycles. The molecule has 0 aliphatic heterocycles. The van der Waals surface area contributed by atoms with Crippen molar-refractivity contribution in [2.24, 2.45) is 5.10 Å². The molecular weight excluding hydrogens is 386 g/mol. The Morgan fingerprint density at radius 1 is 0.862 bits per heavy atom. The Morgan fingerprint density at radius 3 is 2.14 bits per heavy atom. The maximum absolute atomic E-state index is 12.4. The van der Waals surface area contributed by atoms with E-state index in [1.807, 2.05) is 25.1 Å². The first-order valence-electron chi connectivity index (χ1n) is 8.95. The number of sulfonamides is 1. The van der Waals surface area contributed by atoms with E-state index in [1.54, 1.807) is 55.5 Å². The molecule has 7 heteroatoms. The summed E-state index contributed by atoms with van der Waals surface area (Å²) in [6.07, 6.45) is 0. The number of nitrogens with zero attached hydrogens (tertiary/aromatic N) is 1. The van der Waals surface area contributed by atoms with Crippen molar-refractivity contribution >= 4 is 27.3 Å². The molecule has 0 radical (unpaired) electrons. The quantitative estimate of drug-likeness (QED) is 0.479. The second-order valence-electron chi connectivity index (χ2n) is 6.45. The minimum atomic E-state index is -3.72. The molecule has 0 fully saturated rings. The van der Waals surface area contributed by atoms with Crippen molar-refractivity contribution in [3.05, 3.63) is 95.6 Å². The predicted octanol–water partition coefficient (Wildman–Crippen LogP) is 3.95. The van der Waals surface area contributed by atoms with Gasteiger partial charge in [-0.1, -0.05) is 48.5 Å². The van der Waals surface area contributed by atoms with Crippen molar-refractivity contribution in [1.29, 1.82) is 0 Å². The van der Waals surface area contributed by atoms with Crippen molar-refractivity contribution in [3.63, 3.8) is 0 Å². The zero-order chi connectivity index (χ0) is 20.9. The first-order valence-corrected chi connectivity index (χ1v) is 10.4. The first kappa shape index (κ1) is 20.3. The van der Waals surface area contributed by atoms with Crippen LogP contribution in [-0.4, -0.2) is 20.0 Å². The summed E-state index contributed by atoms with van der Waals surface area (Å²) < 4.78 is 24.5. The molecule has 29 heavy (non-hydrogen) atoms. The van der Waals surface area contributed by atoms with Gasteiger partial charge in [-0.2, -0.15) is 18.4 Å². The number of aryl methyl sites for hydroxylation is 1. The van der Waals surface area contributed by atoms with Crippen LogP contribution in [-0.2, 0) is 10.0 Å². The second-order valence-corrected chi connectivity index (χ2v) is 8.11. The molecule has 0 spiro atoms. The summed E-state index contributed by atoms with van der Waals surface area (Å²) in [7, 11) is -3.72. The summed E-state index contributed by atoms with van der Waals surface area (Å²) in [6.45, 7) is 3.59. The molecule has 3 aromatic carbocycles. The summed E-state index contributed by atoms with van der Waals surface area (Å²) in [6, 6.07) is 22.4. The van der Waals surface area contributed by atoms with Gasteiger partial charge in [0.1, 0.15) is 0 Å². The number of amides is 1. The second kappa shape index (κ2) is 8.70. The van der Waals surface area contributed by atoms with Gasteiger partial charge in [0.2, 0.25) is 0 Å². The van der Waals surface area contributed by atoms with Crippen molar-refractivity contribution in [3.8, 4) is 0 Å². The molecule has 0 atom stereocenters. The lowest BCUT2D eigenvalue weighted by molar-refractivity contribution is 0.102. The fourth-order valence-electron chi connectivity index (χ4n) is 2.67. The number of hydrogen-bond acceptors (Lipinski definition) is 4. The van der Waals surface area contributed by atoms with Crippen LogP contribution in [0.5, 0.6) is 0 Å². The third kappa shape index (κ3) is 5.08. The number of carbonyl (C=O) groups is 1. The lowest BCUT2D eigenvalue weighted by atomic mass is 10.1.